The number of pyridine rings is 1. The quantitative estimate of drug-likeness (QED) is 0.752. The van der Waals surface area contributed by atoms with Gasteiger partial charge in [-0.3, -0.25) is 14.4 Å². The molecule has 160 valence electrons. The second-order valence-corrected chi connectivity index (χ2v) is 8.17. The molecule has 0 saturated carbocycles. The van der Waals surface area contributed by atoms with E-state index in [0.717, 1.165) is 31.5 Å². The fourth-order valence-electron chi connectivity index (χ4n) is 3.89. The Balaban J connectivity index is 1.63. The van der Waals surface area contributed by atoms with Crippen molar-refractivity contribution in [3.63, 3.8) is 0 Å². The van der Waals surface area contributed by atoms with Crippen LogP contribution in [0.2, 0.25) is 0 Å². The van der Waals surface area contributed by atoms with Crippen molar-refractivity contribution in [1.29, 1.82) is 0 Å². The van der Waals surface area contributed by atoms with Gasteiger partial charge >= 0.3 is 0 Å². The van der Waals surface area contributed by atoms with Gasteiger partial charge in [0.2, 0.25) is 5.91 Å². The minimum atomic E-state index is -0.300. The van der Waals surface area contributed by atoms with Crippen molar-refractivity contribution < 1.29 is 9.59 Å². The first kappa shape index (κ1) is 21.8. The Morgan fingerprint density at radius 2 is 1.90 bits per heavy atom. The number of benzene rings is 1. The average Bonchev–Trinajstić information content (AvgIpc) is 2.74. The smallest absolute Gasteiger partial charge is 0.255 e. The molecule has 0 spiro atoms. The first-order valence-electron chi connectivity index (χ1n) is 10.4. The Bertz CT molecular complexity index is 924. The van der Waals surface area contributed by atoms with Crippen molar-refractivity contribution in [3.05, 3.63) is 70.1 Å². The molecule has 7 nitrogen and oxygen atoms in total. The molecule has 1 N–H and O–H groups in total. The van der Waals surface area contributed by atoms with Crippen molar-refractivity contribution >= 4 is 11.8 Å². The van der Waals surface area contributed by atoms with Gasteiger partial charge in [-0.25, -0.2) is 0 Å². The molecule has 1 aliphatic heterocycles. The molecule has 0 bridgehead atoms. The zero-order valence-electron chi connectivity index (χ0n) is 17.7. The molecule has 1 aliphatic rings. The number of hydrogen-bond donors (Lipinski definition) is 1. The van der Waals surface area contributed by atoms with Crippen molar-refractivity contribution in [3.8, 4) is 0 Å². The van der Waals surface area contributed by atoms with E-state index in [0.29, 0.717) is 24.6 Å². The summed E-state index contributed by atoms with van der Waals surface area (Å²) in [6.07, 6.45) is 3.59. The Morgan fingerprint density at radius 3 is 2.63 bits per heavy atom. The highest BCUT2D eigenvalue weighted by Crippen LogP contribution is 2.19. The first-order valence-corrected chi connectivity index (χ1v) is 10.4. The van der Waals surface area contributed by atoms with Gasteiger partial charge in [0.05, 0.1) is 5.56 Å². The zero-order valence-corrected chi connectivity index (χ0v) is 17.7. The largest absolute Gasteiger partial charge is 0.350 e. The summed E-state index contributed by atoms with van der Waals surface area (Å²) >= 11 is 0. The predicted octanol–water partition coefficient (Wildman–Crippen LogP) is 1.58. The lowest BCUT2D eigenvalue weighted by Gasteiger charge is -2.34. The van der Waals surface area contributed by atoms with E-state index in [-0.39, 0.29) is 23.9 Å². The van der Waals surface area contributed by atoms with E-state index in [9.17, 15) is 14.4 Å². The number of piperidine rings is 1. The van der Waals surface area contributed by atoms with Gasteiger partial charge < -0.3 is 19.7 Å². The Kier molecular flexibility index (Phi) is 7.41. The maximum atomic E-state index is 13.0. The van der Waals surface area contributed by atoms with Crippen LogP contribution >= 0.6 is 0 Å². The van der Waals surface area contributed by atoms with Crippen LogP contribution in [0.15, 0.2) is 53.5 Å². The third-order valence-electron chi connectivity index (χ3n) is 5.31. The number of carbonyl (C=O) groups excluding carboxylic acids is 2. The van der Waals surface area contributed by atoms with Crippen LogP contribution in [0.1, 0.15) is 28.8 Å². The molecule has 1 aromatic heterocycles. The van der Waals surface area contributed by atoms with Crippen molar-refractivity contribution in [2.45, 2.75) is 25.9 Å². The highest BCUT2D eigenvalue weighted by atomic mass is 16.2. The van der Waals surface area contributed by atoms with Gasteiger partial charge in [0.15, 0.2) is 0 Å². The lowest BCUT2D eigenvalue weighted by molar-refractivity contribution is -0.121. The van der Waals surface area contributed by atoms with Gasteiger partial charge in [-0.1, -0.05) is 30.3 Å². The van der Waals surface area contributed by atoms with Crippen LogP contribution in [0.4, 0.5) is 0 Å². The SMILES string of the molecule is CN(C)CC1CCCN(C(=O)c2ccc(=O)n(CC(=O)NCc3ccccc3)c2)C1. The molecular formula is C23H30N4O3. The van der Waals surface area contributed by atoms with E-state index < -0.39 is 0 Å². The third kappa shape index (κ3) is 6.03. The Hall–Kier alpha value is -2.93. The molecule has 30 heavy (non-hydrogen) atoms. The number of nitrogens with one attached hydrogen (secondary N) is 1. The van der Waals surface area contributed by atoms with Crippen LogP contribution in [0.25, 0.3) is 0 Å². The highest BCUT2D eigenvalue weighted by molar-refractivity contribution is 5.94. The van der Waals surface area contributed by atoms with Gasteiger partial charge in [0.1, 0.15) is 6.54 Å². The standard InChI is InChI=1S/C23H30N4O3/c1-25(2)14-19-9-6-12-26(15-19)23(30)20-10-11-22(29)27(16-20)17-21(28)24-13-18-7-4-3-5-8-18/h3-5,7-8,10-11,16,19H,6,9,12-15,17H2,1-2H3,(H,24,28). The summed E-state index contributed by atoms with van der Waals surface area (Å²) in [5.41, 5.74) is 1.13. The fourth-order valence-corrected chi connectivity index (χ4v) is 3.89. The van der Waals surface area contributed by atoms with Gasteiger partial charge in [0, 0.05) is 38.4 Å². The van der Waals surface area contributed by atoms with Gasteiger partial charge in [0.25, 0.3) is 11.5 Å². The van der Waals surface area contributed by atoms with Crippen LogP contribution in [-0.2, 0) is 17.9 Å². The lowest BCUT2D eigenvalue weighted by Crippen LogP contribution is -2.43. The molecule has 1 fully saturated rings. The van der Waals surface area contributed by atoms with E-state index in [1.807, 2.05) is 49.3 Å². The van der Waals surface area contributed by atoms with Crippen LogP contribution in [0.3, 0.4) is 0 Å². The Morgan fingerprint density at radius 1 is 1.13 bits per heavy atom. The fraction of sp³-hybridized carbons (Fsp3) is 0.435. The molecule has 2 heterocycles. The highest BCUT2D eigenvalue weighted by Gasteiger charge is 2.25. The van der Waals surface area contributed by atoms with E-state index in [1.54, 1.807) is 6.07 Å². The second-order valence-electron chi connectivity index (χ2n) is 8.17. The topological polar surface area (TPSA) is 74.7 Å². The van der Waals surface area contributed by atoms with Crippen molar-refractivity contribution in [2.24, 2.45) is 5.92 Å². The molecule has 7 heteroatoms. The summed E-state index contributed by atoms with van der Waals surface area (Å²) in [6, 6.07) is 12.5. The predicted molar refractivity (Wildman–Crippen MR) is 116 cm³/mol. The molecule has 1 saturated heterocycles. The van der Waals surface area contributed by atoms with Gasteiger partial charge in [-0.15, -0.1) is 0 Å². The summed E-state index contributed by atoms with van der Waals surface area (Å²) in [4.78, 5) is 41.5. The van der Waals surface area contributed by atoms with E-state index >= 15 is 0 Å². The maximum Gasteiger partial charge on any atom is 0.255 e. The normalized spacial score (nSPS) is 16.5. The summed E-state index contributed by atoms with van der Waals surface area (Å²) < 4.78 is 1.30. The Labute approximate surface area is 177 Å². The minimum absolute atomic E-state index is 0.0862. The lowest BCUT2D eigenvalue weighted by atomic mass is 9.97. The molecule has 1 atom stereocenters. The molecule has 0 aliphatic carbocycles. The van der Waals surface area contributed by atoms with Crippen molar-refractivity contribution in [2.75, 3.05) is 33.7 Å². The monoisotopic (exact) mass is 410 g/mol. The number of likely N-dealkylation sites (tertiary alicyclic amines) is 1. The van der Waals surface area contributed by atoms with E-state index in [4.69, 9.17) is 0 Å². The molecular weight excluding hydrogens is 380 g/mol. The average molecular weight is 411 g/mol. The van der Waals surface area contributed by atoms with Crippen LogP contribution in [0.5, 0.6) is 0 Å². The molecule has 2 aromatic rings. The molecule has 1 aromatic carbocycles. The number of hydrogen-bond acceptors (Lipinski definition) is 4. The van der Waals surface area contributed by atoms with E-state index in [2.05, 4.69) is 10.2 Å². The van der Waals surface area contributed by atoms with Crippen LogP contribution in [0, 0.1) is 5.92 Å². The molecule has 0 radical (unpaired) electrons. The first-order chi connectivity index (χ1) is 14.4. The number of carbonyl (C=O) groups is 2. The molecule has 2 amide bonds. The van der Waals surface area contributed by atoms with Crippen molar-refractivity contribution in [1.82, 2.24) is 19.7 Å². The summed E-state index contributed by atoms with van der Waals surface area (Å²) in [5.74, 6) is 0.0961. The van der Waals surface area contributed by atoms with Gasteiger partial charge in [-0.05, 0) is 44.5 Å². The van der Waals surface area contributed by atoms with Crippen LogP contribution in [-0.4, -0.2) is 59.9 Å². The van der Waals surface area contributed by atoms with E-state index in [1.165, 1.54) is 16.8 Å². The van der Waals surface area contributed by atoms with Crippen LogP contribution < -0.4 is 10.9 Å². The third-order valence-corrected chi connectivity index (χ3v) is 5.31. The summed E-state index contributed by atoms with van der Waals surface area (Å²) in [6.45, 7) is 2.67. The zero-order chi connectivity index (χ0) is 21.5. The maximum absolute atomic E-state index is 13.0. The molecule has 3 rings (SSSR count). The minimum Gasteiger partial charge on any atom is -0.350 e. The summed E-state index contributed by atoms with van der Waals surface area (Å²) in [7, 11) is 4.08. The van der Waals surface area contributed by atoms with Gasteiger partial charge in [-0.2, -0.15) is 0 Å². The number of aromatic nitrogens is 1. The number of nitrogens with zero attached hydrogens (tertiary/aromatic N) is 3. The number of amides is 2. The molecule has 1 unspecified atom stereocenters. The second kappa shape index (κ2) is 10.2. The summed E-state index contributed by atoms with van der Waals surface area (Å²) in [5, 5.41) is 2.81. The number of rotatable bonds is 7.